The van der Waals surface area contributed by atoms with Crippen LogP contribution < -0.4 is 11.1 Å². The second kappa shape index (κ2) is 4.39. The fourth-order valence-electron chi connectivity index (χ4n) is 2.49. The van der Waals surface area contributed by atoms with Crippen LogP contribution in [0.3, 0.4) is 0 Å². The lowest BCUT2D eigenvalue weighted by Gasteiger charge is -2.19. The van der Waals surface area contributed by atoms with Crippen LogP contribution in [-0.2, 0) is 16.6 Å². The predicted octanol–water partition coefficient (Wildman–Crippen LogP) is 2.89. The second-order valence-corrected chi connectivity index (χ2v) is 5.55. The molecule has 1 aliphatic rings. The Bertz CT molecular complexity index is 492. The average molecular weight is 246 g/mol. The largest absolute Gasteiger partial charge is 0.325 e. The molecule has 0 radical (unpaired) electrons. The Morgan fingerprint density at radius 3 is 2.56 bits per heavy atom. The zero-order valence-corrected chi connectivity index (χ0v) is 11.6. The van der Waals surface area contributed by atoms with Crippen LogP contribution in [0.2, 0.25) is 0 Å². The Labute approximate surface area is 109 Å². The number of hydrogen-bond acceptors (Lipinski definition) is 2. The van der Waals surface area contributed by atoms with Gasteiger partial charge in [0.2, 0.25) is 5.91 Å². The first-order chi connectivity index (χ1) is 8.41. The summed E-state index contributed by atoms with van der Waals surface area (Å²) in [6.07, 6.45) is 1.81. The van der Waals surface area contributed by atoms with Gasteiger partial charge in [-0.25, -0.2) is 0 Å². The van der Waals surface area contributed by atoms with E-state index >= 15 is 0 Å². The van der Waals surface area contributed by atoms with Crippen molar-refractivity contribution in [3.63, 3.8) is 0 Å². The molecule has 98 valence electrons. The molecule has 0 aromatic heterocycles. The van der Waals surface area contributed by atoms with Crippen molar-refractivity contribution in [2.45, 2.75) is 52.0 Å². The third kappa shape index (κ3) is 1.83. The molecule has 2 rings (SSSR count). The minimum absolute atomic E-state index is 0.0482. The first-order valence-corrected chi connectivity index (χ1v) is 6.66. The third-order valence-corrected chi connectivity index (χ3v) is 3.97. The molecule has 1 aromatic carbocycles. The van der Waals surface area contributed by atoms with Crippen molar-refractivity contribution < 1.29 is 4.79 Å². The number of fused-ring (bicyclic) bond motifs is 1. The van der Waals surface area contributed by atoms with E-state index in [2.05, 4.69) is 31.3 Å². The summed E-state index contributed by atoms with van der Waals surface area (Å²) >= 11 is 0. The van der Waals surface area contributed by atoms with Crippen LogP contribution >= 0.6 is 0 Å². The van der Waals surface area contributed by atoms with Crippen molar-refractivity contribution in [2.75, 3.05) is 5.32 Å². The standard InChI is InChI=1S/C15H22N2O/c1-5-9-7-10(12(16)6-2)8-11-13(9)17-14(18)15(11,3)4/h7-8,12H,5-6,16H2,1-4H3,(H,17,18). The van der Waals surface area contributed by atoms with E-state index < -0.39 is 5.41 Å². The number of nitrogens with two attached hydrogens (primary N) is 1. The Morgan fingerprint density at radius 2 is 2.00 bits per heavy atom. The molecule has 1 unspecified atom stereocenters. The zero-order chi connectivity index (χ0) is 13.5. The Hall–Kier alpha value is -1.35. The van der Waals surface area contributed by atoms with E-state index in [9.17, 15) is 4.79 Å². The predicted molar refractivity (Wildman–Crippen MR) is 74.7 cm³/mol. The Morgan fingerprint density at radius 1 is 1.33 bits per heavy atom. The lowest BCUT2D eigenvalue weighted by Crippen LogP contribution is -2.27. The van der Waals surface area contributed by atoms with Gasteiger partial charge in [-0.15, -0.1) is 0 Å². The molecule has 1 heterocycles. The summed E-state index contributed by atoms with van der Waals surface area (Å²) in [5, 5.41) is 3.01. The van der Waals surface area contributed by atoms with Crippen molar-refractivity contribution >= 4 is 11.6 Å². The summed E-state index contributed by atoms with van der Waals surface area (Å²) in [5.74, 6) is 0.0782. The number of benzene rings is 1. The lowest BCUT2D eigenvalue weighted by molar-refractivity contribution is -0.119. The maximum atomic E-state index is 12.0. The molecule has 1 aromatic rings. The first-order valence-electron chi connectivity index (χ1n) is 6.66. The van der Waals surface area contributed by atoms with Crippen molar-refractivity contribution in [2.24, 2.45) is 5.73 Å². The smallest absolute Gasteiger partial charge is 0.234 e. The fourth-order valence-corrected chi connectivity index (χ4v) is 2.49. The van der Waals surface area contributed by atoms with Gasteiger partial charge in [-0.3, -0.25) is 4.79 Å². The molecule has 0 fully saturated rings. The van der Waals surface area contributed by atoms with Gasteiger partial charge in [-0.1, -0.05) is 26.0 Å². The summed E-state index contributed by atoms with van der Waals surface area (Å²) in [5.41, 5.74) is 10.1. The number of hydrogen-bond donors (Lipinski definition) is 2. The molecule has 3 N–H and O–H groups in total. The van der Waals surface area contributed by atoms with E-state index in [1.165, 1.54) is 5.56 Å². The molecule has 0 aliphatic carbocycles. The van der Waals surface area contributed by atoms with Crippen molar-refractivity contribution in [1.82, 2.24) is 0 Å². The fraction of sp³-hybridized carbons (Fsp3) is 0.533. The summed E-state index contributed by atoms with van der Waals surface area (Å²) in [7, 11) is 0. The van der Waals surface area contributed by atoms with Crippen molar-refractivity contribution in [3.05, 3.63) is 28.8 Å². The summed E-state index contributed by atoms with van der Waals surface area (Å²) in [6, 6.07) is 4.28. The molecule has 0 bridgehead atoms. The quantitative estimate of drug-likeness (QED) is 0.861. The van der Waals surface area contributed by atoms with Gasteiger partial charge in [0.25, 0.3) is 0 Å². The molecule has 0 spiro atoms. The molecule has 3 nitrogen and oxygen atoms in total. The highest BCUT2D eigenvalue weighted by Crippen LogP contribution is 2.41. The van der Waals surface area contributed by atoms with Gasteiger partial charge in [0.05, 0.1) is 5.41 Å². The topological polar surface area (TPSA) is 55.1 Å². The summed E-state index contributed by atoms with van der Waals surface area (Å²) in [6.45, 7) is 8.12. The number of rotatable bonds is 3. The van der Waals surface area contributed by atoms with Gasteiger partial charge in [-0.05, 0) is 43.4 Å². The van der Waals surface area contributed by atoms with Gasteiger partial charge in [0, 0.05) is 11.7 Å². The highest BCUT2D eigenvalue weighted by molar-refractivity contribution is 6.06. The van der Waals surface area contributed by atoms with Crippen LogP contribution in [-0.4, -0.2) is 5.91 Å². The molecule has 1 atom stereocenters. The molecule has 1 aliphatic heterocycles. The number of anilines is 1. The van der Waals surface area contributed by atoms with E-state index in [4.69, 9.17) is 5.73 Å². The highest BCUT2D eigenvalue weighted by Gasteiger charge is 2.39. The van der Waals surface area contributed by atoms with Crippen LogP contribution in [0.25, 0.3) is 0 Å². The average Bonchev–Trinajstić information content (AvgIpc) is 2.59. The SMILES string of the molecule is CCc1cc(C(N)CC)cc2c1NC(=O)C2(C)C. The van der Waals surface area contributed by atoms with E-state index in [1.54, 1.807) is 0 Å². The zero-order valence-electron chi connectivity index (χ0n) is 11.6. The molecule has 1 amide bonds. The van der Waals surface area contributed by atoms with Gasteiger partial charge >= 0.3 is 0 Å². The van der Waals surface area contributed by atoms with Crippen LogP contribution in [0.4, 0.5) is 5.69 Å². The van der Waals surface area contributed by atoms with Crippen molar-refractivity contribution in [1.29, 1.82) is 0 Å². The Kier molecular flexibility index (Phi) is 3.20. The van der Waals surface area contributed by atoms with E-state index in [0.717, 1.165) is 29.7 Å². The molecule has 0 saturated heterocycles. The maximum Gasteiger partial charge on any atom is 0.234 e. The molecular formula is C15H22N2O. The molecular weight excluding hydrogens is 224 g/mol. The molecule has 18 heavy (non-hydrogen) atoms. The lowest BCUT2D eigenvalue weighted by atomic mass is 9.83. The molecule has 3 heteroatoms. The van der Waals surface area contributed by atoms with Crippen LogP contribution in [0.1, 0.15) is 56.8 Å². The van der Waals surface area contributed by atoms with E-state index in [0.29, 0.717) is 0 Å². The number of nitrogens with one attached hydrogen (secondary N) is 1. The second-order valence-electron chi connectivity index (χ2n) is 5.55. The monoisotopic (exact) mass is 246 g/mol. The maximum absolute atomic E-state index is 12.0. The van der Waals surface area contributed by atoms with Crippen molar-refractivity contribution in [3.8, 4) is 0 Å². The summed E-state index contributed by atoms with van der Waals surface area (Å²) in [4.78, 5) is 12.0. The number of carbonyl (C=O) groups is 1. The third-order valence-electron chi connectivity index (χ3n) is 3.97. The summed E-state index contributed by atoms with van der Waals surface area (Å²) < 4.78 is 0. The van der Waals surface area contributed by atoms with Crippen LogP contribution in [0, 0.1) is 0 Å². The van der Waals surface area contributed by atoms with E-state index in [-0.39, 0.29) is 11.9 Å². The number of amides is 1. The number of carbonyl (C=O) groups excluding carboxylic acids is 1. The van der Waals surface area contributed by atoms with Crippen LogP contribution in [0.5, 0.6) is 0 Å². The highest BCUT2D eigenvalue weighted by atomic mass is 16.2. The minimum Gasteiger partial charge on any atom is -0.325 e. The first kappa shape index (κ1) is 13.1. The molecule has 0 saturated carbocycles. The number of aryl methyl sites for hydroxylation is 1. The van der Waals surface area contributed by atoms with Gasteiger partial charge in [0.15, 0.2) is 0 Å². The van der Waals surface area contributed by atoms with Crippen LogP contribution in [0.15, 0.2) is 12.1 Å². The van der Waals surface area contributed by atoms with Gasteiger partial charge in [0.1, 0.15) is 0 Å². The van der Waals surface area contributed by atoms with E-state index in [1.807, 2.05) is 13.8 Å². The Balaban J connectivity index is 2.61. The minimum atomic E-state index is -0.456. The van der Waals surface area contributed by atoms with Gasteiger partial charge < -0.3 is 11.1 Å². The van der Waals surface area contributed by atoms with Gasteiger partial charge in [-0.2, -0.15) is 0 Å². The normalized spacial score (nSPS) is 18.4.